The summed E-state index contributed by atoms with van der Waals surface area (Å²) in [7, 11) is 0. The molecule has 0 aliphatic heterocycles. The first-order valence-electron chi connectivity index (χ1n) is 6.61. The Bertz CT molecular complexity index is 746. The van der Waals surface area contributed by atoms with Gasteiger partial charge in [0, 0.05) is 5.02 Å². The summed E-state index contributed by atoms with van der Waals surface area (Å²) in [5, 5.41) is 0.765. The molecule has 102 valence electrons. The van der Waals surface area contributed by atoms with Crippen molar-refractivity contribution in [2.24, 2.45) is 5.73 Å². The monoisotopic (exact) mass is 285 g/mol. The summed E-state index contributed by atoms with van der Waals surface area (Å²) in [5.74, 6) is 0.881. The molecule has 20 heavy (non-hydrogen) atoms. The van der Waals surface area contributed by atoms with Crippen LogP contribution in [0.2, 0.25) is 5.02 Å². The van der Waals surface area contributed by atoms with Crippen LogP contribution in [-0.2, 0) is 6.54 Å². The van der Waals surface area contributed by atoms with Gasteiger partial charge in [0.1, 0.15) is 5.82 Å². The molecule has 0 spiro atoms. The average molecular weight is 286 g/mol. The van der Waals surface area contributed by atoms with Crippen LogP contribution in [0.5, 0.6) is 0 Å². The fourth-order valence-corrected chi connectivity index (χ4v) is 2.60. The summed E-state index contributed by atoms with van der Waals surface area (Å²) >= 11 is 6.26. The molecule has 1 aromatic heterocycles. The predicted octanol–water partition coefficient (Wildman–Crippen LogP) is 3.76. The Hall–Kier alpha value is -1.84. The van der Waals surface area contributed by atoms with Gasteiger partial charge in [0.15, 0.2) is 0 Å². The van der Waals surface area contributed by atoms with Crippen LogP contribution in [0.25, 0.3) is 11.0 Å². The predicted molar refractivity (Wildman–Crippen MR) is 82.9 cm³/mol. The zero-order valence-corrected chi connectivity index (χ0v) is 12.0. The smallest absolute Gasteiger partial charge is 0.126 e. The largest absolute Gasteiger partial charge is 0.322 e. The second-order valence-corrected chi connectivity index (χ2v) is 5.33. The van der Waals surface area contributed by atoms with E-state index in [1.54, 1.807) is 0 Å². The number of para-hydroxylation sites is 2. The molecule has 0 aliphatic carbocycles. The maximum Gasteiger partial charge on any atom is 0.126 e. The van der Waals surface area contributed by atoms with Gasteiger partial charge in [-0.1, -0.05) is 41.9 Å². The summed E-state index contributed by atoms with van der Waals surface area (Å²) in [6.45, 7) is 2.63. The summed E-state index contributed by atoms with van der Waals surface area (Å²) in [6.07, 6.45) is 0. The van der Waals surface area contributed by atoms with Gasteiger partial charge in [0.2, 0.25) is 0 Å². The van der Waals surface area contributed by atoms with Crippen LogP contribution in [0.4, 0.5) is 0 Å². The number of hydrogen-bond donors (Lipinski definition) is 1. The molecule has 1 heterocycles. The first-order valence-corrected chi connectivity index (χ1v) is 6.99. The van der Waals surface area contributed by atoms with Gasteiger partial charge < -0.3 is 10.3 Å². The van der Waals surface area contributed by atoms with Gasteiger partial charge in [-0.3, -0.25) is 0 Å². The van der Waals surface area contributed by atoms with E-state index in [0.29, 0.717) is 6.54 Å². The summed E-state index contributed by atoms with van der Waals surface area (Å²) in [6, 6.07) is 15.8. The van der Waals surface area contributed by atoms with Crippen molar-refractivity contribution >= 4 is 22.6 Å². The lowest BCUT2D eigenvalue weighted by Crippen LogP contribution is -2.14. The molecular weight excluding hydrogens is 270 g/mol. The number of imidazole rings is 1. The van der Waals surface area contributed by atoms with Gasteiger partial charge in [-0.15, -0.1) is 0 Å². The van der Waals surface area contributed by atoms with Crippen molar-refractivity contribution in [1.29, 1.82) is 0 Å². The van der Waals surface area contributed by atoms with Crippen molar-refractivity contribution in [1.82, 2.24) is 9.55 Å². The molecule has 0 fully saturated rings. The van der Waals surface area contributed by atoms with E-state index in [9.17, 15) is 0 Å². The molecule has 3 nitrogen and oxygen atoms in total. The third-order valence-corrected chi connectivity index (χ3v) is 3.75. The second kappa shape index (κ2) is 5.27. The van der Waals surface area contributed by atoms with Crippen LogP contribution in [0.1, 0.15) is 24.4 Å². The van der Waals surface area contributed by atoms with Crippen molar-refractivity contribution in [3.63, 3.8) is 0 Å². The third-order valence-electron chi connectivity index (χ3n) is 3.38. The highest BCUT2D eigenvalue weighted by Gasteiger charge is 2.14. The molecule has 2 aromatic carbocycles. The van der Waals surface area contributed by atoms with Crippen LogP contribution in [-0.4, -0.2) is 9.55 Å². The zero-order chi connectivity index (χ0) is 14.1. The van der Waals surface area contributed by atoms with Crippen LogP contribution < -0.4 is 5.73 Å². The van der Waals surface area contributed by atoms with E-state index >= 15 is 0 Å². The maximum absolute atomic E-state index is 6.26. The van der Waals surface area contributed by atoms with Crippen molar-refractivity contribution in [3.05, 3.63) is 64.9 Å². The second-order valence-electron chi connectivity index (χ2n) is 4.92. The maximum atomic E-state index is 6.26. The molecular formula is C16H16ClN3. The Labute approximate surface area is 123 Å². The molecule has 1 unspecified atom stereocenters. The molecule has 1 atom stereocenters. The normalized spacial score (nSPS) is 12.8. The van der Waals surface area contributed by atoms with E-state index in [2.05, 4.69) is 15.6 Å². The molecule has 0 bridgehead atoms. The van der Waals surface area contributed by atoms with Crippen LogP contribution in [0, 0.1) is 0 Å². The summed E-state index contributed by atoms with van der Waals surface area (Å²) in [5.41, 5.74) is 9.17. The quantitative estimate of drug-likeness (QED) is 0.796. The first-order chi connectivity index (χ1) is 9.66. The lowest BCUT2D eigenvalue weighted by molar-refractivity contribution is 0.664. The molecule has 0 amide bonds. The molecule has 3 rings (SSSR count). The van der Waals surface area contributed by atoms with E-state index in [0.717, 1.165) is 27.4 Å². The van der Waals surface area contributed by atoms with Gasteiger partial charge in [-0.25, -0.2) is 4.98 Å². The molecule has 3 aromatic rings. The van der Waals surface area contributed by atoms with Gasteiger partial charge in [0.25, 0.3) is 0 Å². The van der Waals surface area contributed by atoms with Gasteiger partial charge >= 0.3 is 0 Å². The Morgan fingerprint density at radius 2 is 1.85 bits per heavy atom. The lowest BCUT2D eigenvalue weighted by Gasteiger charge is -2.12. The van der Waals surface area contributed by atoms with Gasteiger partial charge in [-0.2, -0.15) is 0 Å². The summed E-state index contributed by atoms with van der Waals surface area (Å²) < 4.78 is 2.14. The molecule has 0 radical (unpaired) electrons. The molecule has 0 saturated carbocycles. The SMILES string of the molecule is CC(N)c1nc2ccccc2n1Cc1ccccc1Cl. The zero-order valence-electron chi connectivity index (χ0n) is 11.3. The Kier molecular flexibility index (Phi) is 3.47. The molecule has 0 saturated heterocycles. The molecule has 4 heteroatoms. The highest BCUT2D eigenvalue weighted by atomic mass is 35.5. The number of rotatable bonds is 3. The number of halogens is 1. The van der Waals surface area contributed by atoms with Crippen molar-refractivity contribution in [2.45, 2.75) is 19.5 Å². The third kappa shape index (κ3) is 2.30. The number of fused-ring (bicyclic) bond motifs is 1. The van der Waals surface area contributed by atoms with Crippen LogP contribution in [0.15, 0.2) is 48.5 Å². The van der Waals surface area contributed by atoms with Gasteiger partial charge in [-0.05, 0) is 30.7 Å². The molecule has 0 aliphatic rings. The minimum Gasteiger partial charge on any atom is -0.322 e. The van der Waals surface area contributed by atoms with Crippen molar-refractivity contribution in [2.75, 3.05) is 0 Å². The Balaban J connectivity index is 2.14. The van der Waals surface area contributed by atoms with E-state index in [-0.39, 0.29) is 6.04 Å². The van der Waals surface area contributed by atoms with E-state index < -0.39 is 0 Å². The highest BCUT2D eigenvalue weighted by Crippen LogP contribution is 2.23. The summed E-state index contributed by atoms with van der Waals surface area (Å²) in [4.78, 5) is 4.63. The lowest BCUT2D eigenvalue weighted by atomic mass is 10.2. The minimum atomic E-state index is -0.120. The standard InChI is InChI=1S/C16H16ClN3/c1-11(18)16-19-14-8-4-5-9-15(14)20(16)10-12-6-2-3-7-13(12)17/h2-9,11H,10,18H2,1H3. The van der Waals surface area contributed by atoms with E-state index in [4.69, 9.17) is 17.3 Å². The minimum absolute atomic E-state index is 0.120. The van der Waals surface area contributed by atoms with Crippen molar-refractivity contribution < 1.29 is 0 Å². The highest BCUT2D eigenvalue weighted by molar-refractivity contribution is 6.31. The number of hydrogen-bond acceptors (Lipinski definition) is 2. The number of nitrogens with zero attached hydrogens (tertiary/aromatic N) is 2. The number of aromatic nitrogens is 2. The number of benzene rings is 2. The van der Waals surface area contributed by atoms with E-state index in [1.165, 1.54) is 0 Å². The van der Waals surface area contributed by atoms with Crippen molar-refractivity contribution in [3.8, 4) is 0 Å². The van der Waals surface area contributed by atoms with Crippen LogP contribution in [0.3, 0.4) is 0 Å². The Morgan fingerprint density at radius 1 is 1.15 bits per heavy atom. The molecule has 2 N–H and O–H groups in total. The average Bonchev–Trinajstić information content (AvgIpc) is 2.81. The van der Waals surface area contributed by atoms with Crippen LogP contribution >= 0.6 is 11.6 Å². The van der Waals surface area contributed by atoms with Gasteiger partial charge in [0.05, 0.1) is 23.6 Å². The topological polar surface area (TPSA) is 43.8 Å². The van der Waals surface area contributed by atoms with E-state index in [1.807, 2.05) is 49.4 Å². The fourth-order valence-electron chi connectivity index (χ4n) is 2.40. The first kappa shape index (κ1) is 13.2. The fraction of sp³-hybridized carbons (Fsp3) is 0.188. The number of nitrogens with two attached hydrogens (primary N) is 1. The Morgan fingerprint density at radius 3 is 2.60 bits per heavy atom.